The Morgan fingerprint density at radius 1 is 1.14 bits per heavy atom. The van der Waals surface area contributed by atoms with E-state index in [1.165, 1.54) is 5.56 Å². The number of nitrogens with zero attached hydrogens (tertiary/aromatic N) is 2. The molecule has 1 aromatic carbocycles. The van der Waals surface area contributed by atoms with Crippen LogP contribution in [0.5, 0.6) is 0 Å². The van der Waals surface area contributed by atoms with Crippen LogP contribution in [0, 0.1) is 0 Å². The molecule has 0 aliphatic heterocycles. The van der Waals surface area contributed by atoms with Crippen molar-refractivity contribution in [2.75, 3.05) is 11.9 Å². The first-order chi connectivity index (χ1) is 9.99. The molecule has 0 amide bonds. The van der Waals surface area contributed by atoms with Crippen LogP contribution in [0.4, 0.5) is 5.82 Å². The minimum absolute atomic E-state index is 0.0430. The van der Waals surface area contributed by atoms with E-state index in [1.807, 2.05) is 31.3 Å². The first-order valence-electron chi connectivity index (χ1n) is 7.07. The Hall–Kier alpha value is -1.39. The SMILES string of the molecule is CC(C)c1cc(CO)cc(N(C)Cc2ccc(Br)cc2)n1. The number of anilines is 1. The van der Waals surface area contributed by atoms with Gasteiger partial charge in [0.05, 0.1) is 6.61 Å². The summed E-state index contributed by atoms with van der Waals surface area (Å²) < 4.78 is 1.08. The van der Waals surface area contributed by atoms with E-state index < -0.39 is 0 Å². The molecule has 0 spiro atoms. The summed E-state index contributed by atoms with van der Waals surface area (Å²) in [7, 11) is 2.02. The fourth-order valence-corrected chi connectivity index (χ4v) is 2.39. The number of aromatic nitrogens is 1. The summed E-state index contributed by atoms with van der Waals surface area (Å²) in [4.78, 5) is 6.81. The molecule has 0 bridgehead atoms. The Kier molecular flexibility index (Phi) is 5.37. The van der Waals surface area contributed by atoms with Gasteiger partial charge in [-0.05, 0) is 41.3 Å². The zero-order valence-corrected chi connectivity index (χ0v) is 14.3. The van der Waals surface area contributed by atoms with Crippen LogP contribution in [0.15, 0.2) is 40.9 Å². The van der Waals surface area contributed by atoms with Gasteiger partial charge in [0.2, 0.25) is 0 Å². The van der Waals surface area contributed by atoms with Crippen molar-refractivity contribution in [1.29, 1.82) is 0 Å². The number of rotatable bonds is 5. The highest BCUT2D eigenvalue weighted by molar-refractivity contribution is 9.10. The van der Waals surface area contributed by atoms with Crippen LogP contribution < -0.4 is 4.90 Å². The Labute approximate surface area is 134 Å². The topological polar surface area (TPSA) is 36.4 Å². The van der Waals surface area contributed by atoms with Crippen molar-refractivity contribution in [1.82, 2.24) is 4.98 Å². The van der Waals surface area contributed by atoms with Crippen LogP contribution in [-0.2, 0) is 13.2 Å². The van der Waals surface area contributed by atoms with E-state index >= 15 is 0 Å². The van der Waals surface area contributed by atoms with E-state index in [0.717, 1.165) is 28.1 Å². The zero-order chi connectivity index (χ0) is 15.4. The van der Waals surface area contributed by atoms with Crippen molar-refractivity contribution < 1.29 is 5.11 Å². The fourth-order valence-electron chi connectivity index (χ4n) is 2.12. The summed E-state index contributed by atoms with van der Waals surface area (Å²) in [5.74, 6) is 1.24. The Morgan fingerprint density at radius 2 is 1.81 bits per heavy atom. The van der Waals surface area contributed by atoms with Crippen LogP contribution in [0.25, 0.3) is 0 Å². The second kappa shape index (κ2) is 7.05. The van der Waals surface area contributed by atoms with Gasteiger partial charge in [0.1, 0.15) is 5.82 Å². The molecule has 1 heterocycles. The Balaban J connectivity index is 2.23. The molecular formula is C17H21BrN2O. The van der Waals surface area contributed by atoms with E-state index in [4.69, 9.17) is 4.98 Å². The van der Waals surface area contributed by atoms with Crippen molar-refractivity contribution in [3.63, 3.8) is 0 Å². The van der Waals surface area contributed by atoms with Gasteiger partial charge in [0.25, 0.3) is 0 Å². The van der Waals surface area contributed by atoms with E-state index in [0.29, 0.717) is 5.92 Å². The molecule has 0 saturated carbocycles. The van der Waals surface area contributed by atoms with Gasteiger partial charge in [0, 0.05) is 23.8 Å². The number of benzene rings is 1. The van der Waals surface area contributed by atoms with E-state index in [-0.39, 0.29) is 6.61 Å². The van der Waals surface area contributed by atoms with E-state index in [9.17, 15) is 5.11 Å². The monoisotopic (exact) mass is 348 g/mol. The molecule has 0 radical (unpaired) electrons. The molecule has 3 nitrogen and oxygen atoms in total. The molecule has 0 aliphatic rings. The standard InChI is InChI=1S/C17H21BrN2O/c1-12(2)16-8-14(11-21)9-17(19-16)20(3)10-13-4-6-15(18)7-5-13/h4-9,12,21H,10-11H2,1-3H3. The second-order valence-corrected chi connectivity index (χ2v) is 6.47. The van der Waals surface area contributed by atoms with E-state index in [1.54, 1.807) is 0 Å². The molecule has 0 unspecified atom stereocenters. The van der Waals surface area contributed by atoms with Gasteiger partial charge in [-0.3, -0.25) is 0 Å². The molecule has 2 aromatic rings. The predicted octanol–water partition coefficient (Wildman–Crippen LogP) is 4.10. The van der Waals surface area contributed by atoms with Crippen molar-refractivity contribution in [2.24, 2.45) is 0 Å². The van der Waals surface area contributed by atoms with Crippen LogP contribution in [-0.4, -0.2) is 17.1 Å². The van der Waals surface area contributed by atoms with Gasteiger partial charge in [-0.25, -0.2) is 4.98 Å². The molecule has 2 rings (SSSR count). The van der Waals surface area contributed by atoms with E-state index in [2.05, 4.69) is 46.8 Å². The van der Waals surface area contributed by atoms with Gasteiger partial charge < -0.3 is 10.0 Å². The van der Waals surface area contributed by atoms with Crippen molar-refractivity contribution in [3.05, 3.63) is 57.7 Å². The lowest BCUT2D eigenvalue weighted by atomic mass is 10.1. The smallest absolute Gasteiger partial charge is 0.129 e. The van der Waals surface area contributed by atoms with Crippen LogP contribution in [0.2, 0.25) is 0 Å². The normalized spacial score (nSPS) is 11.0. The molecule has 4 heteroatoms. The fraction of sp³-hybridized carbons (Fsp3) is 0.353. The number of halogens is 1. The Morgan fingerprint density at radius 3 is 2.38 bits per heavy atom. The van der Waals surface area contributed by atoms with Crippen LogP contribution in [0.1, 0.15) is 36.6 Å². The number of hydrogen-bond donors (Lipinski definition) is 1. The molecule has 0 saturated heterocycles. The zero-order valence-electron chi connectivity index (χ0n) is 12.7. The van der Waals surface area contributed by atoms with Gasteiger partial charge in [0.15, 0.2) is 0 Å². The summed E-state index contributed by atoms with van der Waals surface area (Å²) in [6, 6.07) is 12.2. The minimum atomic E-state index is 0.0430. The number of hydrogen-bond acceptors (Lipinski definition) is 3. The summed E-state index contributed by atoms with van der Waals surface area (Å²) in [5.41, 5.74) is 3.15. The van der Waals surface area contributed by atoms with Gasteiger partial charge >= 0.3 is 0 Å². The summed E-state index contributed by atoms with van der Waals surface area (Å²) in [6.45, 7) is 5.05. The molecule has 1 aromatic heterocycles. The van der Waals surface area contributed by atoms with Crippen molar-refractivity contribution >= 4 is 21.7 Å². The lowest BCUT2D eigenvalue weighted by molar-refractivity contribution is 0.281. The average molecular weight is 349 g/mol. The van der Waals surface area contributed by atoms with Crippen molar-refractivity contribution in [2.45, 2.75) is 32.9 Å². The molecule has 0 fully saturated rings. The summed E-state index contributed by atoms with van der Waals surface area (Å²) >= 11 is 3.45. The molecule has 0 aliphatic carbocycles. The number of aliphatic hydroxyl groups is 1. The van der Waals surface area contributed by atoms with Gasteiger partial charge in [-0.15, -0.1) is 0 Å². The molecule has 112 valence electrons. The average Bonchev–Trinajstić information content (AvgIpc) is 2.49. The molecule has 21 heavy (non-hydrogen) atoms. The number of aliphatic hydroxyl groups excluding tert-OH is 1. The lowest BCUT2D eigenvalue weighted by Crippen LogP contribution is -2.18. The third-order valence-electron chi connectivity index (χ3n) is 3.39. The van der Waals surface area contributed by atoms with Gasteiger partial charge in [-0.2, -0.15) is 0 Å². The predicted molar refractivity (Wildman–Crippen MR) is 90.5 cm³/mol. The molecule has 0 atom stereocenters. The van der Waals surface area contributed by atoms with Crippen LogP contribution >= 0.6 is 15.9 Å². The van der Waals surface area contributed by atoms with Crippen LogP contribution in [0.3, 0.4) is 0 Å². The maximum absolute atomic E-state index is 9.42. The quantitative estimate of drug-likeness (QED) is 0.883. The highest BCUT2D eigenvalue weighted by Crippen LogP contribution is 2.21. The highest BCUT2D eigenvalue weighted by Gasteiger charge is 2.10. The summed E-state index contributed by atoms with van der Waals surface area (Å²) in [6.07, 6.45) is 0. The second-order valence-electron chi connectivity index (χ2n) is 5.55. The third-order valence-corrected chi connectivity index (χ3v) is 3.92. The van der Waals surface area contributed by atoms with Crippen molar-refractivity contribution in [3.8, 4) is 0 Å². The first kappa shape index (κ1) is 16.0. The highest BCUT2D eigenvalue weighted by atomic mass is 79.9. The Bertz CT molecular complexity index is 596. The molecule has 1 N–H and O–H groups in total. The maximum Gasteiger partial charge on any atom is 0.129 e. The van der Waals surface area contributed by atoms with Gasteiger partial charge in [-0.1, -0.05) is 41.9 Å². The lowest BCUT2D eigenvalue weighted by Gasteiger charge is -2.21. The molecular weight excluding hydrogens is 328 g/mol. The minimum Gasteiger partial charge on any atom is -0.392 e. The summed E-state index contributed by atoms with van der Waals surface area (Å²) in [5, 5.41) is 9.42. The third kappa shape index (κ3) is 4.29. The number of pyridine rings is 1. The largest absolute Gasteiger partial charge is 0.392 e. The maximum atomic E-state index is 9.42. The first-order valence-corrected chi connectivity index (χ1v) is 7.86.